The van der Waals surface area contributed by atoms with E-state index in [1.165, 1.54) is 10.8 Å². The summed E-state index contributed by atoms with van der Waals surface area (Å²) in [6.07, 6.45) is -0.749. The molecule has 0 amide bonds. The van der Waals surface area contributed by atoms with Crippen LogP contribution < -0.4 is 16.0 Å². The number of hydrogen-bond donors (Lipinski definition) is 3. The molecule has 0 bridgehead atoms. The molecule has 7 heteroatoms. The van der Waals surface area contributed by atoms with Crippen molar-refractivity contribution in [1.29, 1.82) is 5.26 Å². The van der Waals surface area contributed by atoms with Gasteiger partial charge in [-0.3, -0.25) is 16.0 Å². The van der Waals surface area contributed by atoms with Crippen LogP contribution in [0.3, 0.4) is 0 Å². The SMILES string of the molecule is N#Cc1cccc(C2NC(c3ccc4oc5c(ccc6c7ccccc7oc65)c4c3)NC(n3c4ccccc4c4ccccc43)N2)c1. The number of hydrogen-bond acceptors (Lipinski definition) is 6. The molecule has 1 fully saturated rings. The van der Waals surface area contributed by atoms with Gasteiger partial charge in [0, 0.05) is 32.3 Å². The van der Waals surface area contributed by atoms with Crippen LogP contribution in [0.4, 0.5) is 0 Å². The predicted molar refractivity (Wildman–Crippen MR) is 186 cm³/mol. The van der Waals surface area contributed by atoms with Gasteiger partial charge in [-0.15, -0.1) is 0 Å². The van der Waals surface area contributed by atoms with E-state index in [1.807, 2.05) is 42.5 Å². The Morgan fingerprint density at radius 1 is 0.511 bits per heavy atom. The maximum absolute atomic E-state index is 9.68. The van der Waals surface area contributed by atoms with Crippen LogP contribution in [0.25, 0.3) is 65.7 Å². The molecule has 0 radical (unpaired) electrons. The summed E-state index contributed by atoms with van der Waals surface area (Å²) in [5.41, 5.74) is 8.13. The van der Waals surface area contributed by atoms with Gasteiger partial charge >= 0.3 is 0 Å². The Kier molecular flexibility index (Phi) is 5.63. The smallest absolute Gasteiger partial charge is 0.178 e. The normalized spacial score (nSPS) is 18.6. The second kappa shape index (κ2) is 10.0. The summed E-state index contributed by atoms with van der Waals surface area (Å²) in [5, 5.41) is 27.7. The van der Waals surface area contributed by atoms with E-state index >= 15 is 0 Å². The second-order valence-corrected chi connectivity index (χ2v) is 12.2. The van der Waals surface area contributed by atoms with Gasteiger partial charge in [0.15, 0.2) is 11.2 Å². The average Bonchev–Trinajstić information content (AvgIpc) is 3.81. The van der Waals surface area contributed by atoms with Gasteiger partial charge < -0.3 is 13.4 Å². The Balaban J connectivity index is 1.13. The maximum Gasteiger partial charge on any atom is 0.178 e. The van der Waals surface area contributed by atoms with Gasteiger partial charge in [0.2, 0.25) is 0 Å². The van der Waals surface area contributed by atoms with E-state index in [0.29, 0.717) is 5.56 Å². The molecule has 4 heterocycles. The van der Waals surface area contributed by atoms with Crippen molar-refractivity contribution < 1.29 is 8.83 Å². The van der Waals surface area contributed by atoms with Crippen molar-refractivity contribution in [2.24, 2.45) is 0 Å². The molecule has 1 saturated heterocycles. The van der Waals surface area contributed by atoms with Crippen molar-refractivity contribution in [3.05, 3.63) is 144 Å². The second-order valence-electron chi connectivity index (χ2n) is 12.2. The van der Waals surface area contributed by atoms with Gasteiger partial charge in [-0.25, -0.2) is 0 Å². The lowest BCUT2D eigenvalue weighted by molar-refractivity contribution is 0.161. The molecule has 7 nitrogen and oxygen atoms in total. The lowest BCUT2D eigenvalue weighted by atomic mass is 10.0. The quantitative estimate of drug-likeness (QED) is 0.185. The Hall–Kier alpha value is -5.91. The highest BCUT2D eigenvalue weighted by Gasteiger charge is 2.32. The molecule has 9 aromatic rings. The Morgan fingerprint density at radius 2 is 1.11 bits per heavy atom. The number of nitrogens with one attached hydrogen (secondary N) is 3. The van der Waals surface area contributed by atoms with Crippen LogP contribution >= 0.6 is 0 Å². The highest BCUT2D eigenvalue weighted by Crippen LogP contribution is 2.40. The molecule has 1 aliphatic rings. The first-order valence-corrected chi connectivity index (χ1v) is 15.8. The molecule has 0 saturated carbocycles. The highest BCUT2D eigenvalue weighted by molar-refractivity contribution is 6.18. The van der Waals surface area contributed by atoms with Crippen LogP contribution in [0, 0.1) is 11.3 Å². The van der Waals surface area contributed by atoms with Crippen LogP contribution in [-0.4, -0.2) is 4.57 Å². The summed E-state index contributed by atoms with van der Waals surface area (Å²) in [4.78, 5) is 0. The summed E-state index contributed by atoms with van der Waals surface area (Å²) < 4.78 is 15.1. The van der Waals surface area contributed by atoms with Gasteiger partial charge in [0.1, 0.15) is 17.5 Å². The Bertz CT molecular complexity index is 2670. The fraction of sp³-hybridized carbons (Fsp3) is 0.0750. The minimum atomic E-state index is -0.270. The Labute approximate surface area is 268 Å². The monoisotopic (exact) mass is 609 g/mol. The van der Waals surface area contributed by atoms with Gasteiger partial charge in [0.05, 0.1) is 35.0 Å². The van der Waals surface area contributed by atoms with Gasteiger partial charge in [-0.2, -0.15) is 5.26 Å². The number of fused-ring (bicyclic) bond motifs is 10. The summed E-state index contributed by atoms with van der Waals surface area (Å²) in [7, 11) is 0. The highest BCUT2D eigenvalue weighted by atomic mass is 16.4. The van der Waals surface area contributed by atoms with Crippen LogP contribution in [0.5, 0.6) is 0 Å². The third-order valence-corrected chi connectivity index (χ3v) is 9.55. The van der Waals surface area contributed by atoms with Crippen molar-refractivity contribution in [2.45, 2.75) is 18.6 Å². The van der Waals surface area contributed by atoms with Crippen molar-refractivity contribution in [3.63, 3.8) is 0 Å². The molecule has 3 atom stereocenters. The molecule has 6 aromatic carbocycles. The van der Waals surface area contributed by atoms with E-state index in [-0.39, 0.29) is 18.6 Å². The van der Waals surface area contributed by atoms with E-state index in [4.69, 9.17) is 8.83 Å². The first-order valence-electron chi connectivity index (χ1n) is 15.8. The topological polar surface area (TPSA) is 91.1 Å². The van der Waals surface area contributed by atoms with E-state index in [1.54, 1.807) is 0 Å². The van der Waals surface area contributed by atoms with Crippen LogP contribution in [0.1, 0.15) is 35.3 Å². The lowest BCUT2D eigenvalue weighted by Gasteiger charge is -2.40. The number of nitriles is 1. The molecule has 10 rings (SSSR count). The molecule has 3 aromatic heterocycles. The summed E-state index contributed by atoms with van der Waals surface area (Å²) in [6, 6.07) is 45.8. The maximum atomic E-state index is 9.68. The van der Waals surface area contributed by atoms with E-state index in [0.717, 1.165) is 66.0 Å². The van der Waals surface area contributed by atoms with E-state index < -0.39 is 0 Å². The number of benzene rings is 6. The largest absolute Gasteiger partial charge is 0.452 e. The molecule has 0 aliphatic carbocycles. The zero-order valence-electron chi connectivity index (χ0n) is 25.1. The Morgan fingerprint density at radius 3 is 1.81 bits per heavy atom. The number of aromatic nitrogens is 1. The summed E-state index contributed by atoms with van der Waals surface area (Å²) in [5.74, 6) is 0. The van der Waals surface area contributed by atoms with Crippen LogP contribution in [-0.2, 0) is 0 Å². The average molecular weight is 610 g/mol. The predicted octanol–water partition coefficient (Wildman–Crippen LogP) is 9.10. The van der Waals surface area contributed by atoms with Crippen molar-refractivity contribution in [1.82, 2.24) is 20.5 Å². The van der Waals surface area contributed by atoms with Crippen LogP contribution in [0.2, 0.25) is 0 Å². The molecule has 3 unspecified atom stereocenters. The summed E-state index contributed by atoms with van der Waals surface area (Å²) >= 11 is 0. The van der Waals surface area contributed by atoms with Crippen molar-refractivity contribution >= 4 is 65.7 Å². The standard InChI is InChI=1S/C40H27N5O2/c41-22-23-8-7-9-24(20-23)38-42-39(44-40(43-38)45-32-13-4-1-10-26(32)27-11-2-5-14-33(27)45)25-16-19-35-31(21-25)30-18-17-29-28-12-3-6-15-34(28)46-36(29)37(30)47-35/h1-21,38-40,42-44H. The number of nitrogens with zero attached hydrogens (tertiary/aromatic N) is 2. The third kappa shape index (κ3) is 3.97. The van der Waals surface area contributed by atoms with Crippen molar-refractivity contribution in [3.8, 4) is 6.07 Å². The van der Waals surface area contributed by atoms with E-state index in [2.05, 4.69) is 112 Å². The van der Waals surface area contributed by atoms with Gasteiger partial charge in [0.25, 0.3) is 0 Å². The van der Waals surface area contributed by atoms with Gasteiger partial charge in [-0.05, 0) is 65.7 Å². The summed E-state index contributed by atoms with van der Waals surface area (Å²) in [6.45, 7) is 0. The zero-order chi connectivity index (χ0) is 31.1. The fourth-order valence-corrected chi connectivity index (χ4v) is 7.39. The number of para-hydroxylation sites is 3. The number of furan rings is 2. The first kappa shape index (κ1) is 26.3. The molecule has 0 spiro atoms. The molecule has 224 valence electrons. The molecular weight excluding hydrogens is 582 g/mol. The molecule has 47 heavy (non-hydrogen) atoms. The zero-order valence-corrected chi connectivity index (χ0v) is 25.1. The number of rotatable bonds is 3. The minimum Gasteiger partial charge on any atom is -0.452 e. The minimum absolute atomic E-state index is 0.235. The molecule has 3 N–H and O–H groups in total. The van der Waals surface area contributed by atoms with Gasteiger partial charge in [-0.1, -0.05) is 72.8 Å². The van der Waals surface area contributed by atoms with Crippen LogP contribution in [0.15, 0.2) is 136 Å². The molecule has 1 aliphatic heterocycles. The lowest BCUT2D eigenvalue weighted by Crippen LogP contribution is -2.56. The van der Waals surface area contributed by atoms with E-state index in [9.17, 15) is 5.26 Å². The molecular formula is C40H27N5O2. The third-order valence-electron chi connectivity index (χ3n) is 9.55. The van der Waals surface area contributed by atoms with Crippen molar-refractivity contribution in [2.75, 3.05) is 0 Å². The first-order chi connectivity index (χ1) is 23.2. The fourth-order valence-electron chi connectivity index (χ4n) is 7.39.